The standard InChI is InChI=1S/C14H20ClNO3/c1-11-10-12(5-6-13(11)15)19-9-3-4-14(18)16(2)7-8-17/h5-6,10,17H,3-4,7-9H2,1-2H3. The van der Waals surface area contributed by atoms with E-state index >= 15 is 0 Å². The van der Waals surface area contributed by atoms with Crippen LogP contribution in [-0.2, 0) is 4.79 Å². The van der Waals surface area contributed by atoms with Crippen LogP contribution in [0.25, 0.3) is 0 Å². The predicted octanol–water partition coefficient (Wildman–Crippen LogP) is 2.26. The number of aryl methyl sites for hydroxylation is 1. The van der Waals surface area contributed by atoms with Crippen LogP contribution < -0.4 is 4.74 Å². The van der Waals surface area contributed by atoms with Gasteiger partial charge in [-0.1, -0.05) is 11.6 Å². The number of hydrogen-bond acceptors (Lipinski definition) is 3. The van der Waals surface area contributed by atoms with Crippen LogP contribution in [-0.4, -0.2) is 42.7 Å². The van der Waals surface area contributed by atoms with Crippen molar-refractivity contribution in [2.75, 3.05) is 26.8 Å². The van der Waals surface area contributed by atoms with Gasteiger partial charge in [-0.25, -0.2) is 0 Å². The van der Waals surface area contributed by atoms with Gasteiger partial charge in [-0.2, -0.15) is 0 Å². The van der Waals surface area contributed by atoms with Gasteiger partial charge in [0.1, 0.15) is 5.75 Å². The Morgan fingerprint density at radius 1 is 1.47 bits per heavy atom. The van der Waals surface area contributed by atoms with Crippen molar-refractivity contribution in [3.8, 4) is 5.75 Å². The second-order valence-corrected chi connectivity index (χ2v) is 4.81. The molecule has 0 radical (unpaired) electrons. The molecule has 0 aliphatic carbocycles. The van der Waals surface area contributed by atoms with Crippen molar-refractivity contribution in [3.05, 3.63) is 28.8 Å². The van der Waals surface area contributed by atoms with Gasteiger partial charge in [0, 0.05) is 25.0 Å². The third-order valence-corrected chi connectivity index (χ3v) is 3.22. The molecule has 1 rings (SSSR count). The Morgan fingerprint density at radius 2 is 2.21 bits per heavy atom. The van der Waals surface area contributed by atoms with Gasteiger partial charge in [0.15, 0.2) is 0 Å². The Bertz CT molecular complexity index is 423. The minimum atomic E-state index is -0.0111. The second-order valence-electron chi connectivity index (χ2n) is 4.40. The van der Waals surface area contributed by atoms with Gasteiger partial charge in [0.2, 0.25) is 5.91 Å². The van der Waals surface area contributed by atoms with Crippen LogP contribution in [0.3, 0.4) is 0 Å². The summed E-state index contributed by atoms with van der Waals surface area (Å²) in [5.74, 6) is 0.781. The molecule has 0 atom stereocenters. The molecule has 0 heterocycles. The number of hydrogen-bond donors (Lipinski definition) is 1. The molecule has 1 N–H and O–H groups in total. The maximum Gasteiger partial charge on any atom is 0.222 e. The van der Waals surface area contributed by atoms with Crippen molar-refractivity contribution >= 4 is 17.5 Å². The van der Waals surface area contributed by atoms with Crippen molar-refractivity contribution in [1.82, 2.24) is 4.90 Å². The molecule has 1 aromatic rings. The fourth-order valence-electron chi connectivity index (χ4n) is 1.59. The molecule has 1 amide bonds. The van der Waals surface area contributed by atoms with Crippen LogP contribution in [0.15, 0.2) is 18.2 Å². The van der Waals surface area contributed by atoms with E-state index in [2.05, 4.69) is 0 Å². The highest BCUT2D eigenvalue weighted by molar-refractivity contribution is 6.31. The Labute approximate surface area is 118 Å². The minimum Gasteiger partial charge on any atom is -0.494 e. The fraction of sp³-hybridized carbons (Fsp3) is 0.500. The van der Waals surface area contributed by atoms with Gasteiger partial charge in [-0.05, 0) is 37.1 Å². The van der Waals surface area contributed by atoms with Gasteiger partial charge in [-0.15, -0.1) is 0 Å². The van der Waals surface area contributed by atoms with E-state index < -0.39 is 0 Å². The smallest absolute Gasteiger partial charge is 0.222 e. The first-order valence-corrected chi connectivity index (χ1v) is 6.66. The van der Waals surface area contributed by atoms with Gasteiger partial charge < -0.3 is 14.7 Å². The molecule has 0 unspecified atom stereocenters. The summed E-state index contributed by atoms with van der Waals surface area (Å²) in [6, 6.07) is 5.49. The highest BCUT2D eigenvalue weighted by Gasteiger charge is 2.07. The van der Waals surface area contributed by atoms with Crippen LogP contribution in [0.4, 0.5) is 0 Å². The quantitative estimate of drug-likeness (QED) is 0.782. The molecule has 4 nitrogen and oxygen atoms in total. The number of carbonyl (C=O) groups is 1. The molecule has 0 fully saturated rings. The maximum atomic E-state index is 11.6. The lowest BCUT2D eigenvalue weighted by Gasteiger charge is -2.15. The molecule has 0 bridgehead atoms. The van der Waals surface area contributed by atoms with Crippen LogP contribution in [0, 0.1) is 6.92 Å². The molecule has 5 heteroatoms. The van der Waals surface area contributed by atoms with E-state index in [1.165, 1.54) is 4.90 Å². The van der Waals surface area contributed by atoms with E-state index in [0.29, 0.717) is 31.0 Å². The first-order chi connectivity index (χ1) is 9.04. The Hall–Kier alpha value is -1.26. The first-order valence-electron chi connectivity index (χ1n) is 6.28. The number of halogens is 1. The summed E-state index contributed by atoms with van der Waals surface area (Å²) in [5.41, 5.74) is 0.970. The summed E-state index contributed by atoms with van der Waals surface area (Å²) >= 11 is 5.92. The predicted molar refractivity (Wildman–Crippen MR) is 75.6 cm³/mol. The van der Waals surface area contributed by atoms with E-state index in [1.807, 2.05) is 19.1 Å². The number of likely N-dealkylation sites (N-methyl/N-ethyl adjacent to an activating group) is 1. The zero-order valence-electron chi connectivity index (χ0n) is 11.4. The number of benzene rings is 1. The zero-order valence-corrected chi connectivity index (χ0v) is 12.1. The van der Waals surface area contributed by atoms with Crippen LogP contribution in [0.5, 0.6) is 5.75 Å². The summed E-state index contributed by atoms with van der Waals surface area (Å²) in [6.07, 6.45) is 1.07. The van der Waals surface area contributed by atoms with E-state index in [-0.39, 0.29) is 12.5 Å². The van der Waals surface area contributed by atoms with Crippen molar-refractivity contribution in [2.45, 2.75) is 19.8 Å². The third-order valence-electron chi connectivity index (χ3n) is 2.79. The number of carbonyl (C=O) groups excluding carboxylic acids is 1. The molecule has 0 aliphatic heterocycles. The zero-order chi connectivity index (χ0) is 14.3. The van der Waals surface area contributed by atoms with Crippen molar-refractivity contribution in [1.29, 1.82) is 0 Å². The summed E-state index contributed by atoms with van der Waals surface area (Å²) in [7, 11) is 1.68. The van der Waals surface area contributed by atoms with E-state index in [9.17, 15) is 4.79 Å². The maximum absolute atomic E-state index is 11.6. The molecule has 106 valence electrons. The Kier molecular flexibility index (Phi) is 6.67. The molecule has 0 saturated heterocycles. The molecule has 0 aromatic heterocycles. The largest absolute Gasteiger partial charge is 0.494 e. The topological polar surface area (TPSA) is 49.8 Å². The van der Waals surface area contributed by atoms with Gasteiger partial charge in [0.05, 0.1) is 13.2 Å². The van der Waals surface area contributed by atoms with Crippen molar-refractivity contribution in [2.24, 2.45) is 0 Å². The van der Waals surface area contributed by atoms with E-state index in [4.69, 9.17) is 21.4 Å². The van der Waals surface area contributed by atoms with Gasteiger partial charge in [0.25, 0.3) is 0 Å². The molecular formula is C14H20ClNO3. The number of ether oxygens (including phenoxy) is 1. The van der Waals surface area contributed by atoms with Gasteiger partial charge >= 0.3 is 0 Å². The second kappa shape index (κ2) is 8.02. The van der Waals surface area contributed by atoms with Crippen LogP contribution in [0.2, 0.25) is 5.02 Å². The number of rotatable bonds is 7. The molecule has 1 aromatic carbocycles. The fourth-order valence-corrected chi connectivity index (χ4v) is 1.70. The summed E-state index contributed by atoms with van der Waals surface area (Å²) in [4.78, 5) is 13.1. The first kappa shape index (κ1) is 15.8. The normalized spacial score (nSPS) is 10.3. The lowest BCUT2D eigenvalue weighted by molar-refractivity contribution is -0.130. The van der Waals surface area contributed by atoms with Crippen LogP contribution >= 0.6 is 11.6 Å². The highest BCUT2D eigenvalue weighted by atomic mass is 35.5. The van der Waals surface area contributed by atoms with Crippen LogP contribution in [0.1, 0.15) is 18.4 Å². The molecule has 0 aliphatic rings. The monoisotopic (exact) mass is 285 g/mol. The third kappa shape index (κ3) is 5.49. The number of nitrogens with zero attached hydrogens (tertiary/aromatic N) is 1. The highest BCUT2D eigenvalue weighted by Crippen LogP contribution is 2.21. The average Bonchev–Trinajstić information content (AvgIpc) is 2.38. The Morgan fingerprint density at radius 3 is 2.84 bits per heavy atom. The van der Waals surface area contributed by atoms with Gasteiger partial charge in [-0.3, -0.25) is 4.79 Å². The summed E-state index contributed by atoms with van der Waals surface area (Å²) in [6.45, 7) is 2.77. The van der Waals surface area contributed by atoms with Crippen molar-refractivity contribution in [3.63, 3.8) is 0 Å². The summed E-state index contributed by atoms with van der Waals surface area (Å²) < 4.78 is 5.55. The average molecular weight is 286 g/mol. The SMILES string of the molecule is Cc1cc(OCCCC(=O)N(C)CCO)ccc1Cl. The van der Waals surface area contributed by atoms with E-state index in [1.54, 1.807) is 13.1 Å². The number of amides is 1. The number of aliphatic hydroxyl groups is 1. The molecular weight excluding hydrogens is 266 g/mol. The molecule has 0 spiro atoms. The van der Waals surface area contributed by atoms with E-state index in [0.717, 1.165) is 11.3 Å². The minimum absolute atomic E-state index is 0.0111. The summed E-state index contributed by atoms with van der Waals surface area (Å²) in [5, 5.41) is 9.44. The lowest BCUT2D eigenvalue weighted by Crippen LogP contribution is -2.29. The number of aliphatic hydroxyl groups excluding tert-OH is 1. The lowest BCUT2D eigenvalue weighted by atomic mass is 10.2. The molecule has 19 heavy (non-hydrogen) atoms. The molecule has 0 saturated carbocycles. The Balaban J connectivity index is 2.27. The van der Waals surface area contributed by atoms with Crippen molar-refractivity contribution < 1.29 is 14.6 Å².